The van der Waals surface area contributed by atoms with E-state index in [2.05, 4.69) is 15.5 Å². The average molecular weight is 465 g/mol. The topological polar surface area (TPSA) is 78.3 Å². The van der Waals surface area contributed by atoms with Crippen molar-refractivity contribution in [1.29, 1.82) is 0 Å². The number of rotatable bonds is 8. The van der Waals surface area contributed by atoms with Gasteiger partial charge >= 0.3 is 0 Å². The third kappa shape index (κ3) is 5.32. The van der Waals surface area contributed by atoms with Crippen LogP contribution < -0.4 is 14.8 Å². The molecule has 0 aliphatic rings. The molecule has 0 saturated heterocycles. The third-order valence-corrected chi connectivity index (χ3v) is 5.68. The highest BCUT2D eigenvalue weighted by atomic mass is 32.2. The number of halogens is 1. The van der Waals surface area contributed by atoms with Crippen LogP contribution in [0.5, 0.6) is 11.5 Å². The van der Waals surface area contributed by atoms with E-state index in [4.69, 9.17) is 9.47 Å². The van der Waals surface area contributed by atoms with Gasteiger partial charge in [0.2, 0.25) is 5.91 Å². The number of nitrogens with zero attached hydrogens (tertiary/aromatic N) is 3. The number of carbonyl (C=O) groups is 1. The molecule has 0 saturated carbocycles. The molecule has 0 unspecified atom stereocenters. The van der Waals surface area contributed by atoms with E-state index < -0.39 is 0 Å². The number of hydrogen-bond donors (Lipinski definition) is 1. The summed E-state index contributed by atoms with van der Waals surface area (Å²) in [7, 11) is 3.21. The van der Waals surface area contributed by atoms with Crippen LogP contribution in [0.4, 0.5) is 10.1 Å². The standard InChI is InChI=1S/C24H21FN4O3S/c1-31-20-12-10-19(11-13-20)29-23(16-4-3-5-21(14-16)32-2)27-28-24(29)33-15-22(30)26-18-8-6-17(25)7-9-18/h3-14H,15H2,1-2H3,(H,26,30). The van der Waals surface area contributed by atoms with Gasteiger partial charge in [-0.25, -0.2) is 4.39 Å². The zero-order chi connectivity index (χ0) is 23.2. The molecule has 1 amide bonds. The molecule has 1 heterocycles. The minimum absolute atomic E-state index is 0.101. The lowest BCUT2D eigenvalue weighted by Gasteiger charge is -2.12. The van der Waals surface area contributed by atoms with E-state index in [1.54, 1.807) is 14.2 Å². The van der Waals surface area contributed by atoms with Gasteiger partial charge in [-0.3, -0.25) is 9.36 Å². The normalized spacial score (nSPS) is 10.6. The van der Waals surface area contributed by atoms with E-state index in [1.807, 2.05) is 53.1 Å². The second-order valence-electron chi connectivity index (χ2n) is 6.92. The molecule has 168 valence electrons. The van der Waals surface area contributed by atoms with Crippen molar-refractivity contribution in [2.24, 2.45) is 0 Å². The quantitative estimate of drug-likeness (QED) is 0.377. The van der Waals surface area contributed by atoms with Crippen molar-refractivity contribution in [2.45, 2.75) is 5.16 Å². The van der Waals surface area contributed by atoms with Gasteiger partial charge in [-0.05, 0) is 60.7 Å². The van der Waals surface area contributed by atoms with E-state index in [-0.39, 0.29) is 17.5 Å². The Balaban J connectivity index is 1.62. The first-order chi connectivity index (χ1) is 16.1. The van der Waals surface area contributed by atoms with Crippen LogP contribution in [0.3, 0.4) is 0 Å². The van der Waals surface area contributed by atoms with Crippen molar-refractivity contribution in [2.75, 3.05) is 25.3 Å². The zero-order valence-electron chi connectivity index (χ0n) is 18.0. The van der Waals surface area contributed by atoms with Gasteiger partial charge in [-0.15, -0.1) is 10.2 Å². The van der Waals surface area contributed by atoms with E-state index in [0.717, 1.165) is 17.0 Å². The summed E-state index contributed by atoms with van der Waals surface area (Å²) in [6.45, 7) is 0. The fourth-order valence-electron chi connectivity index (χ4n) is 3.14. The molecule has 0 radical (unpaired) electrons. The maximum absolute atomic E-state index is 13.1. The SMILES string of the molecule is COc1ccc(-n2c(SCC(=O)Nc3ccc(F)cc3)nnc2-c2cccc(OC)c2)cc1. The Bertz CT molecular complexity index is 1240. The molecule has 4 rings (SSSR count). The zero-order valence-corrected chi connectivity index (χ0v) is 18.8. The maximum Gasteiger partial charge on any atom is 0.234 e. The molecule has 33 heavy (non-hydrogen) atoms. The number of anilines is 1. The maximum atomic E-state index is 13.1. The second kappa shape index (κ2) is 10.2. The van der Waals surface area contributed by atoms with Crippen molar-refractivity contribution in [3.05, 3.63) is 78.6 Å². The molecule has 0 spiro atoms. The molecule has 0 aliphatic heterocycles. The number of aromatic nitrogens is 3. The first kappa shape index (κ1) is 22.3. The highest BCUT2D eigenvalue weighted by molar-refractivity contribution is 7.99. The van der Waals surface area contributed by atoms with E-state index in [1.165, 1.54) is 36.0 Å². The fourth-order valence-corrected chi connectivity index (χ4v) is 3.89. The molecule has 9 heteroatoms. The van der Waals surface area contributed by atoms with Crippen LogP contribution in [0.15, 0.2) is 78.0 Å². The van der Waals surface area contributed by atoms with Gasteiger partial charge in [0.1, 0.15) is 17.3 Å². The van der Waals surface area contributed by atoms with Crippen LogP contribution in [-0.4, -0.2) is 40.6 Å². The largest absolute Gasteiger partial charge is 0.497 e. The van der Waals surface area contributed by atoms with Crippen LogP contribution in [0.25, 0.3) is 17.1 Å². The molecule has 0 bridgehead atoms. The van der Waals surface area contributed by atoms with Gasteiger partial charge in [-0.1, -0.05) is 23.9 Å². The van der Waals surface area contributed by atoms with E-state index in [0.29, 0.717) is 22.4 Å². The Morgan fingerprint density at radius 1 is 0.970 bits per heavy atom. The van der Waals surface area contributed by atoms with E-state index >= 15 is 0 Å². The summed E-state index contributed by atoms with van der Waals surface area (Å²) in [5.41, 5.74) is 2.16. The number of methoxy groups -OCH3 is 2. The number of amides is 1. The lowest BCUT2D eigenvalue weighted by molar-refractivity contribution is -0.113. The van der Waals surface area contributed by atoms with Crippen molar-refractivity contribution in [1.82, 2.24) is 14.8 Å². The van der Waals surface area contributed by atoms with Crippen molar-refractivity contribution >= 4 is 23.4 Å². The number of hydrogen-bond acceptors (Lipinski definition) is 6. The van der Waals surface area contributed by atoms with Crippen molar-refractivity contribution in [3.63, 3.8) is 0 Å². The Morgan fingerprint density at radius 2 is 1.70 bits per heavy atom. The Hall–Kier alpha value is -3.85. The molecule has 1 N–H and O–H groups in total. The molecule has 7 nitrogen and oxygen atoms in total. The molecule has 1 aromatic heterocycles. The Kier molecular flexibility index (Phi) is 6.89. The van der Waals surface area contributed by atoms with E-state index in [9.17, 15) is 9.18 Å². The highest BCUT2D eigenvalue weighted by Crippen LogP contribution is 2.30. The Morgan fingerprint density at radius 3 is 2.39 bits per heavy atom. The molecule has 0 aliphatic carbocycles. The van der Waals surface area contributed by atoms with Crippen molar-refractivity contribution in [3.8, 4) is 28.6 Å². The molecule has 0 fully saturated rings. The minimum Gasteiger partial charge on any atom is -0.497 e. The first-order valence-electron chi connectivity index (χ1n) is 10.00. The molecule has 3 aromatic carbocycles. The number of nitrogens with one attached hydrogen (secondary N) is 1. The van der Waals surface area contributed by atoms with Gasteiger partial charge in [0, 0.05) is 16.9 Å². The van der Waals surface area contributed by atoms with Crippen LogP contribution >= 0.6 is 11.8 Å². The number of carbonyl (C=O) groups excluding carboxylic acids is 1. The monoisotopic (exact) mass is 464 g/mol. The summed E-state index contributed by atoms with van der Waals surface area (Å²) >= 11 is 1.25. The molecule has 0 atom stereocenters. The number of thioether (sulfide) groups is 1. The minimum atomic E-state index is -0.361. The highest BCUT2D eigenvalue weighted by Gasteiger charge is 2.18. The van der Waals surface area contributed by atoms with Gasteiger partial charge in [-0.2, -0.15) is 0 Å². The van der Waals surface area contributed by atoms with Crippen LogP contribution in [0.1, 0.15) is 0 Å². The number of ether oxygens (including phenoxy) is 2. The summed E-state index contributed by atoms with van der Waals surface area (Å²) in [5, 5.41) is 12.0. The summed E-state index contributed by atoms with van der Waals surface area (Å²) in [6.07, 6.45) is 0. The first-order valence-corrected chi connectivity index (χ1v) is 11.0. The summed E-state index contributed by atoms with van der Waals surface area (Å²) in [5.74, 6) is 1.54. The van der Waals surface area contributed by atoms with Gasteiger partial charge in [0.15, 0.2) is 11.0 Å². The van der Waals surface area contributed by atoms with Crippen molar-refractivity contribution < 1.29 is 18.7 Å². The summed E-state index contributed by atoms with van der Waals surface area (Å²) in [6, 6.07) is 20.6. The third-order valence-electron chi connectivity index (χ3n) is 4.75. The molecular weight excluding hydrogens is 443 g/mol. The predicted molar refractivity (Wildman–Crippen MR) is 126 cm³/mol. The van der Waals surface area contributed by atoms with Crippen LogP contribution in [0, 0.1) is 5.82 Å². The summed E-state index contributed by atoms with van der Waals surface area (Å²) in [4.78, 5) is 12.4. The smallest absolute Gasteiger partial charge is 0.234 e. The van der Waals surface area contributed by atoms with Gasteiger partial charge in [0.25, 0.3) is 0 Å². The Labute approximate surface area is 194 Å². The van der Waals surface area contributed by atoms with Gasteiger partial charge in [0.05, 0.1) is 20.0 Å². The lowest BCUT2D eigenvalue weighted by atomic mass is 10.2. The molecular formula is C24H21FN4O3S. The molecule has 4 aromatic rings. The average Bonchev–Trinajstić information content (AvgIpc) is 3.28. The number of benzene rings is 3. The van der Waals surface area contributed by atoms with Crippen LogP contribution in [-0.2, 0) is 4.79 Å². The predicted octanol–water partition coefficient (Wildman–Crippen LogP) is 4.82. The van der Waals surface area contributed by atoms with Gasteiger partial charge < -0.3 is 14.8 Å². The lowest BCUT2D eigenvalue weighted by Crippen LogP contribution is -2.14. The van der Waals surface area contributed by atoms with Crippen LogP contribution in [0.2, 0.25) is 0 Å². The second-order valence-corrected chi connectivity index (χ2v) is 7.86. The fraction of sp³-hybridized carbons (Fsp3) is 0.125. The summed E-state index contributed by atoms with van der Waals surface area (Å²) < 4.78 is 25.6.